The maximum atomic E-state index is 13.3. The van der Waals surface area contributed by atoms with Crippen molar-refractivity contribution >= 4 is 0 Å². The van der Waals surface area contributed by atoms with Crippen LogP contribution >= 0.6 is 0 Å². The Labute approximate surface area is 77.8 Å². The summed E-state index contributed by atoms with van der Waals surface area (Å²) in [7, 11) is 0. The lowest BCUT2D eigenvalue weighted by molar-refractivity contribution is 0.257. The van der Waals surface area contributed by atoms with Gasteiger partial charge in [0.05, 0.1) is 0 Å². The van der Waals surface area contributed by atoms with Gasteiger partial charge in [0.1, 0.15) is 5.82 Å². The Morgan fingerprint density at radius 1 is 1.31 bits per heavy atom. The van der Waals surface area contributed by atoms with Crippen molar-refractivity contribution in [1.82, 2.24) is 0 Å². The maximum Gasteiger partial charge on any atom is 0.126 e. The van der Waals surface area contributed by atoms with Gasteiger partial charge in [0.25, 0.3) is 0 Å². The highest BCUT2D eigenvalue weighted by atomic mass is 19.1. The molecule has 2 atom stereocenters. The third kappa shape index (κ3) is 1.46. The van der Waals surface area contributed by atoms with E-state index in [1.807, 2.05) is 12.1 Å². The zero-order valence-electron chi connectivity index (χ0n) is 7.54. The van der Waals surface area contributed by atoms with Crippen molar-refractivity contribution in [2.24, 2.45) is 11.7 Å². The molecular formula is C11H14FN. The Morgan fingerprint density at radius 3 is 2.62 bits per heavy atom. The minimum atomic E-state index is -0.0781. The summed E-state index contributed by atoms with van der Waals surface area (Å²) in [5, 5.41) is 0. The number of benzene rings is 1. The van der Waals surface area contributed by atoms with E-state index >= 15 is 0 Å². The molecule has 1 aromatic rings. The highest BCUT2D eigenvalue weighted by molar-refractivity contribution is 5.24. The Morgan fingerprint density at radius 2 is 2.08 bits per heavy atom. The van der Waals surface area contributed by atoms with Gasteiger partial charge in [0, 0.05) is 0 Å². The van der Waals surface area contributed by atoms with Crippen molar-refractivity contribution in [2.45, 2.75) is 18.8 Å². The van der Waals surface area contributed by atoms with E-state index in [0.717, 1.165) is 18.4 Å². The fourth-order valence-electron chi connectivity index (χ4n) is 2.04. The summed E-state index contributed by atoms with van der Waals surface area (Å²) in [6.07, 6.45) is 2.23. The fraction of sp³-hybridized carbons (Fsp3) is 0.455. The van der Waals surface area contributed by atoms with Crippen LogP contribution in [0.1, 0.15) is 24.3 Å². The molecule has 2 N–H and O–H groups in total. The van der Waals surface area contributed by atoms with Crippen LogP contribution in [0, 0.1) is 11.7 Å². The highest BCUT2D eigenvalue weighted by Crippen LogP contribution is 2.42. The van der Waals surface area contributed by atoms with E-state index < -0.39 is 0 Å². The first-order valence-corrected chi connectivity index (χ1v) is 4.77. The number of hydrogen-bond acceptors (Lipinski definition) is 1. The van der Waals surface area contributed by atoms with Crippen LogP contribution in [0.2, 0.25) is 0 Å². The van der Waals surface area contributed by atoms with Crippen molar-refractivity contribution in [2.75, 3.05) is 6.54 Å². The first kappa shape index (κ1) is 8.70. The Bertz CT molecular complexity index is 296. The normalized spacial score (nSPS) is 26.9. The highest BCUT2D eigenvalue weighted by Gasteiger charge is 2.32. The van der Waals surface area contributed by atoms with Gasteiger partial charge in [0.15, 0.2) is 0 Å². The second-order valence-electron chi connectivity index (χ2n) is 3.70. The van der Waals surface area contributed by atoms with Gasteiger partial charge in [-0.2, -0.15) is 0 Å². The first-order valence-electron chi connectivity index (χ1n) is 4.77. The van der Waals surface area contributed by atoms with Gasteiger partial charge in [-0.05, 0) is 42.9 Å². The summed E-state index contributed by atoms with van der Waals surface area (Å²) in [6, 6.07) is 7.03. The third-order valence-corrected chi connectivity index (χ3v) is 3.02. The summed E-state index contributed by atoms with van der Waals surface area (Å²) in [6.45, 7) is 0.680. The standard InChI is InChI=1S/C11H14FN/c12-11-4-2-1-3-10(11)9-6-5-8(9)7-13/h1-4,8-9H,5-7,13H2. The second kappa shape index (κ2) is 3.46. The van der Waals surface area contributed by atoms with Gasteiger partial charge in [-0.15, -0.1) is 0 Å². The summed E-state index contributed by atoms with van der Waals surface area (Å²) < 4.78 is 13.3. The van der Waals surface area contributed by atoms with E-state index in [-0.39, 0.29) is 5.82 Å². The molecule has 0 aromatic heterocycles. The van der Waals surface area contributed by atoms with Gasteiger partial charge in [-0.25, -0.2) is 4.39 Å². The maximum absolute atomic E-state index is 13.3. The van der Waals surface area contributed by atoms with Crippen LogP contribution in [0.5, 0.6) is 0 Å². The van der Waals surface area contributed by atoms with Gasteiger partial charge in [0.2, 0.25) is 0 Å². The Hall–Kier alpha value is -0.890. The van der Waals surface area contributed by atoms with Crippen molar-refractivity contribution < 1.29 is 4.39 Å². The molecule has 0 amide bonds. The molecule has 0 aliphatic heterocycles. The molecule has 2 heteroatoms. The van der Waals surface area contributed by atoms with Crippen molar-refractivity contribution in [3.05, 3.63) is 35.6 Å². The summed E-state index contributed by atoms with van der Waals surface area (Å²) in [5.41, 5.74) is 6.44. The quantitative estimate of drug-likeness (QED) is 0.740. The van der Waals surface area contributed by atoms with E-state index in [4.69, 9.17) is 5.73 Å². The molecule has 13 heavy (non-hydrogen) atoms. The number of rotatable bonds is 2. The topological polar surface area (TPSA) is 26.0 Å². The van der Waals surface area contributed by atoms with Gasteiger partial charge < -0.3 is 5.73 Å². The zero-order valence-corrected chi connectivity index (χ0v) is 7.54. The Balaban J connectivity index is 2.21. The summed E-state index contributed by atoms with van der Waals surface area (Å²) in [4.78, 5) is 0. The summed E-state index contributed by atoms with van der Waals surface area (Å²) >= 11 is 0. The molecule has 0 bridgehead atoms. The summed E-state index contributed by atoms with van der Waals surface area (Å²) in [5.74, 6) is 0.786. The van der Waals surface area contributed by atoms with Gasteiger partial charge >= 0.3 is 0 Å². The molecular weight excluding hydrogens is 165 g/mol. The smallest absolute Gasteiger partial charge is 0.126 e. The van der Waals surface area contributed by atoms with E-state index in [1.165, 1.54) is 6.07 Å². The lowest BCUT2D eigenvalue weighted by Crippen LogP contribution is -2.31. The minimum Gasteiger partial charge on any atom is -0.330 e. The lowest BCUT2D eigenvalue weighted by atomic mass is 9.70. The molecule has 1 aliphatic carbocycles. The van der Waals surface area contributed by atoms with Crippen molar-refractivity contribution in [1.29, 1.82) is 0 Å². The molecule has 0 radical (unpaired) electrons. The molecule has 2 unspecified atom stereocenters. The lowest BCUT2D eigenvalue weighted by Gasteiger charge is -2.36. The van der Waals surface area contributed by atoms with Crippen LogP contribution in [0.25, 0.3) is 0 Å². The predicted octanol–water partition coefficient (Wildman–Crippen LogP) is 2.28. The van der Waals surface area contributed by atoms with Crippen LogP contribution < -0.4 is 5.73 Å². The third-order valence-electron chi connectivity index (χ3n) is 3.02. The molecule has 1 aromatic carbocycles. The predicted molar refractivity (Wildman–Crippen MR) is 50.9 cm³/mol. The molecule has 2 rings (SSSR count). The van der Waals surface area contributed by atoms with Crippen LogP contribution in [0.15, 0.2) is 24.3 Å². The van der Waals surface area contributed by atoms with E-state index in [2.05, 4.69) is 0 Å². The second-order valence-corrected chi connectivity index (χ2v) is 3.70. The fourth-order valence-corrected chi connectivity index (χ4v) is 2.04. The van der Waals surface area contributed by atoms with Crippen LogP contribution in [-0.2, 0) is 0 Å². The van der Waals surface area contributed by atoms with Crippen LogP contribution in [0.4, 0.5) is 4.39 Å². The molecule has 1 saturated carbocycles. The average Bonchev–Trinajstić information content (AvgIpc) is 2.08. The Kier molecular flexibility index (Phi) is 2.32. The monoisotopic (exact) mass is 179 g/mol. The number of hydrogen-bond donors (Lipinski definition) is 1. The van der Waals surface area contributed by atoms with Crippen molar-refractivity contribution in [3.63, 3.8) is 0 Å². The molecule has 70 valence electrons. The van der Waals surface area contributed by atoms with Crippen molar-refractivity contribution in [3.8, 4) is 0 Å². The number of nitrogens with two attached hydrogens (primary N) is 1. The van der Waals surface area contributed by atoms with Crippen LogP contribution in [-0.4, -0.2) is 6.54 Å². The molecule has 1 aliphatic rings. The van der Waals surface area contributed by atoms with E-state index in [0.29, 0.717) is 18.4 Å². The van der Waals surface area contributed by atoms with Gasteiger partial charge in [-0.3, -0.25) is 0 Å². The molecule has 0 spiro atoms. The SMILES string of the molecule is NCC1CCC1c1ccccc1F. The zero-order chi connectivity index (χ0) is 9.26. The van der Waals surface area contributed by atoms with E-state index in [9.17, 15) is 4.39 Å². The molecule has 0 saturated heterocycles. The molecule has 1 fully saturated rings. The van der Waals surface area contributed by atoms with E-state index in [1.54, 1.807) is 6.07 Å². The largest absolute Gasteiger partial charge is 0.330 e. The average molecular weight is 179 g/mol. The molecule has 0 heterocycles. The first-order chi connectivity index (χ1) is 6.33. The molecule has 1 nitrogen and oxygen atoms in total. The van der Waals surface area contributed by atoms with Crippen LogP contribution in [0.3, 0.4) is 0 Å². The number of halogens is 1. The minimum absolute atomic E-state index is 0.0781. The van der Waals surface area contributed by atoms with Gasteiger partial charge in [-0.1, -0.05) is 18.2 Å².